The number of rotatable bonds is 3. The van der Waals surface area contributed by atoms with Crippen molar-refractivity contribution < 1.29 is 24.8 Å². The van der Waals surface area contributed by atoms with E-state index in [-0.39, 0.29) is 16.9 Å². The van der Waals surface area contributed by atoms with E-state index in [0.717, 1.165) is 18.8 Å². The first-order chi connectivity index (χ1) is 19.2. The van der Waals surface area contributed by atoms with Crippen molar-refractivity contribution in [1.82, 2.24) is 0 Å². The van der Waals surface area contributed by atoms with E-state index in [1.54, 1.807) is 12.5 Å². The molecule has 1 saturated heterocycles. The maximum Gasteiger partial charge on any atom is 0.186 e. The molecular weight excluding hydrogens is 512 g/mol. The van der Waals surface area contributed by atoms with Gasteiger partial charge in [0.05, 0.1) is 12.2 Å². The van der Waals surface area contributed by atoms with Gasteiger partial charge < -0.3 is 24.8 Å². The lowest BCUT2D eigenvalue weighted by Crippen LogP contribution is -2.66. The Kier molecular flexibility index (Phi) is 7.51. The van der Waals surface area contributed by atoms with Crippen LogP contribution in [0.4, 0.5) is 0 Å². The minimum absolute atomic E-state index is 0.0629. The van der Waals surface area contributed by atoms with Gasteiger partial charge in [-0.1, -0.05) is 58.4 Å². The topological polar surface area (TPSA) is 79.2 Å². The fraction of sp³-hybridized carbons (Fsp3) is 0.889. The normalized spacial score (nSPS) is 54.6. The molecule has 5 fully saturated rings. The quantitative estimate of drug-likeness (QED) is 0.257. The second-order valence-corrected chi connectivity index (χ2v) is 16.7. The molecule has 0 aromatic carbocycles. The summed E-state index contributed by atoms with van der Waals surface area (Å²) in [6.07, 6.45) is 9.74. The van der Waals surface area contributed by atoms with Crippen LogP contribution < -0.4 is 0 Å². The minimum atomic E-state index is -1.26. The van der Waals surface area contributed by atoms with Crippen molar-refractivity contribution in [3.05, 3.63) is 23.8 Å². The lowest BCUT2D eigenvalue weighted by atomic mass is 9.33. The summed E-state index contributed by atoms with van der Waals surface area (Å²) in [4.78, 5) is 0. The first-order valence-electron chi connectivity index (χ1n) is 16.9. The molecule has 0 bridgehead atoms. The number of aliphatic hydroxyl groups excluding tert-OH is 3. The zero-order valence-electron chi connectivity index (χ0n) is 26.9. The fourth-order valence-corrected chi connectivity index (χ4v) is 12.3. The van der Waals surface area contributed by atoms with Crippen molar-refractivity contribution in [2.75, 3.05) is 0 Å². The number of hydrogen-bond donors (Lipinski definition) is 3. The lowest BCUT2D eigenvalue weighted by molar-refractivity contribution is -0.326. The summed E-state index contributed by atoms with van der Waals surface area (Å²) in [5.41, 5.74) is 3.99. The Bertz CT molecular complexity index is 1070. The number of aliphatic hydroxyl groups is 3. The molecule has 5 nitrogen and oxygen atoms in total. The van der Waals surface area contributed by atoms with Crippen molar-refractivity contribution in [2.24, 2.45) is 51.2 Å². The highest BCUT2D eigenvalue weighted by molar-refractivity contribution is 5.27. The Morgan fingerprint density at radius 1 is 0.878 bits per heavy atom. The van der Waals surface area contributed by atoms with Crippen LogP contribution in [-0.4, -0.2) is 52.1 Å². The molecule has 14 atom stereocenters. The molecule has 0 amide bonds. The molecule has 6 aliphatic rings. The van der Waals surface area contributed by atoms with E-state index in [9.17, 15) is 15.3 Å². The smallest absolute Gasteiger partial charge is 0.186 e. The molecule has 5 aliphatic carbocycles. The molecule has 0 radical (unpaired) electrons. The summed E-state index contributed by atoms with van der Waals surface area (Å²) in [6, 6.07) is 0. The number of hydrogen-bond acceptors (Lipinski definition) is 5. The number of allylic oxidation sites excluding steroid dienone is 3. The van der Waals surface area contributed by atoms with E-state index in [1.165, 1.54) is 56.9 Å². The molecule has 6 rings (SSSR count). The van der Waals surface area contributed by atoms with E-state index in [1.807, 2.05) is 0 Å². The van der Waals surface area contributed by atoms with Gasteiger partial charge in [0.15, 0.2) is 6.29 Å². The molecule has 0 spiro atoms. The van der Waals surface area contributed by atoms with Crippen molar-refractivity contribution in [1.29, 1.82) is 0 Å². The minimum Gasteiger partial charge on any atom is -0.388 e. The second-order valence-electron chi connectivity index (χ2n) is 16.7. The summed E-state index contributed by atoms with van der Waals surface area (Å²) >= 11 is 0. The second kappa shape index (κ2) is 10.2. The Morgan fingerprint density at radius 3 is 2.32 bits per heavy atom. The van der Waals surface area contributed by atoms with E-state index >= 15 is 0 Å². The monoisotopic (exact) mass is 570 g/mol. The maximum atomic E-state index is 10.7. The number of fused-ring (bicyclic) bond motifs is 7. The zero-order chi connectivity index (χ0) is 29.7. The van der Waals surface area contributed by atoms with Gasteiger partial charge in [-0.2, -0.15) is 0 Å². The summed E-state index contributed by atoms with van der Waals surface area (Å²) in [5, 5.41) is 31.3. The number of ether oxygens (including phenoxy) is 2. The predicted molar refractivity (Wildman–Crippen MR) is 162 cm³/mol. The van der Waals surface area contributed by atoms with E-state index in [2.05, 4.69) is 54.2 Å². The van der Waals surface area contributed by atoms with Crippen molar-refractivity contribution >= 4 is 0 Å². The van der Waals surface area contributed by atoms with Crippen LogP contribution in [0.5, 0.6) is 0 Å². The Labute approximate surface area is 249 Å². The molecule has 1 aliphatic heterocycles. The molecule has 3 N–H and O–H groups in total. The third-order valence-electron chi connectivity index (χ3n) is 14.7. The van der Waals surface area contributed by atoms with Gasteiger partial charge in [0, 0.05) is 0 Å². The molecular formula is C36H58O5. The van der Waals surface area contributed by atoms with Crippen LogP contribution in [0.2, 0.25) is 0 Å². The fourth-order valence-electron chi connectivity index (χ4n) is 12.3. The third kappa shape index (κ3) is 4.25. The third-order valence-corrected chi connectivity index (χ3v) is 14.7. The highest BCUT2D eigenvalue weighted by Crippen LogP contribution is 2.75. The predicted octanol–water partition coefficient (Wildman–Crippen LogP) is 6.80. The Hall–Kier alpha value is -0.720. The van der Waals surface area contributed by atoms with E-state index in [4.69, 9.17) is 9.47 Å². The summed E-state index contributed by atoms with van der Waals surface area (Å²) in [5.74, 6) is 3.32. The molecule has 0 unspecified atom stereocenters. The SMILES string of the molecule is C=C(C)[C@@H]1CCC=C2CC[C@]3(C)[C@H](CC[C@@H]4[C@@]5(C)CC[C@H](O[C@@H]6O[C@@H](C)[C@H](O)[C@@H](O)[C@H]6O)C(C)(C)[C@@H]5CC[C@]43C)[C@H]21. The maximum absolute atomic E-state index is 10.7. The van der Waals surface area contributed by atoms with Gasteiger partial charge >= 0.3 is 0 Å². The zero-order valence-corrected chi connectivity index (χ0v) is 26.9. The van der Waals surface area contributed by atoms with Crippen LogP contribution in [-0.2, 0) is 9.47 Å². The standard InChI is InChI=1S/C36H58O5/c1-20(2)23-11-9-10-22-14-18-35(7)24(28(22)23)12-13-26-34(6)17-16-27(33(4,5)25(34)15-19-36(26,35)8)41-32-31(39)30(38)29(37)21(3)40-32/h10,21,23-32,37-39H,1,9,11-19H2,2-8H3/t21-,23-,24+,25-,26+,27-,28+,29-,30+,31+,32-,34-,35+,36+/m0/s1. The molecule has 1 heterocycles. The summed E-state index contributed by atoms with van der Waals surface area (Å²) in [7, 11) is 0. The highest BCUT2D eigenvalue weighted by atomic mass is 16.7. The van der Waals surface area contributed by atoms with Crippen LogP contribution in [0.25, 0.3) is 0 Å². The summed E-state index contributed by atoms with van der Waals surface area (Å²) in [6.45, 7) is 21.2. The van der Waals surface area contributed by atoms with E-state index in [0.29, 0.717) is 34.5 Å². The molecule has 0 aromatic rings. The summed E-state index contributed by atoms with van der Waals surface area (Å²) < 4.78 is 12.4. The molecule has 0 aromatic heterocycles. The van der Waals surface area contributed by atoms with Crippen LogP contribution >= 0.6 is 0 Å². The van der Waals surface area contributed by atoms with Gasteiger partial charge in [0.25, 0.3) is 0 Å². The molecule has 4 saturated carbocycles. The lowest BCUT2D eigenvalue weighted by Gasteiger charge is -2.72. The molecule has 41 heavy (non-hydrogen) atoms. The van der Waals surface area contributed by atoms with Crippen molar-refractivity contribution in [3.63, 3.8) is 0 Å². The van der Waals surface area contributed by atoms with Gasteiger partial charge in [0.1, 0.15) is 18.3 Å². The Morgan fingerprint density at radius 2 is 1.61 bits per heavy atom. The van der Waals surface area contributed by atoms with Crippen LogP contribution in [0.15, 0.2) is 23.8 Å². The van der Waals surface area contributed by atoms with Gasteiger partial charge in [-0.25, -0.2) is 0 Å². The van der Waals surface area contributed by atoms with Crippen LogP contribution in [0, 0.1) is 51.2 Å². The average molecular weight is 571 g/mol. The Balaban J connectivity index is 1.26. The van der Waals surface area contributed by atoms with Crippen LogP contribution in [0.3, 0.4) is 0 Å². The largest absolute Gasteiger partial charge is 0.388 e. The first kappa shape index (κ1) is 30.3. The van der Waals surface area contributed by atoms with Crippen molar-refractivity contribution in [2.45, 2.75) is 149 Å². The van der Waals surface area contributed by atoms with Gasteiger partial charge in [-0.15, -0.1) is 0 Å². The van der Waals surface area contributed by atoms with Gasteiger partial charge in [-0.05, 0) is 129 Å². The molecule has 232 valence electrons. The van der Waals surface area contributed by atoms with Gasteiger partial charge in [-0.3, -0.25) is 0 Å². The van der Waals surface area contributed by atoms with E-state index < -0.39 is 30.7 Å². The van der Waals surface area contributed by atoms with Crippen LogP contribution in [0.1, 0.15) is 113 Å². The van der Waals surface area contributed by atoms with Crippen molar-refractivity contribution in [3.8, 4) is 0 Å². The first-order valence-corrected chi connectivity index (χ1v) is 16.9. The average Bonchev–Trinajstić information content (AvgIpc) is 2.91. The molecule has 5 heteroatoms. The van der Waals surface area contributed by atoms with Gasteiger partial charge in [0.2, 0.25) is 0 Å². The highest BCUT2D eigenvalue weighted by Gasteiger charge is 2.68.